The van der Waals surface area contributed by atoms with Crippen LogP contribution in [0.5, 0.6) is 0 Å². The zero-order chi connectivity index (χ0) is 15.4. The third kappa shape index (κ3) is 3.34. The zero-order valence-corrected chi connectivity index (χ0v) is 12.2. The van der Waals surface area contributed by atoms with Crippen LogP contribution >= 0.6 is 0 Å². The lowest BCUT2D eigenvalue weighted by Gasteiger charge is -2.33. The highest BCUT2D eigenvalue weighted by molar-refractivity contribution is 5.45. The van der Waals surface area contributed by atoms with Crippen LogP contribution in [0.1, 0.15) is 18.5 Å². The quantitative estimate of drug-likeness (QED) is 0.945. The van der Waals surface area contributed by atoms with Crippen molar-refractivity contribution in [3.63, 3.8) is 0 Å². The molecule has 1 fully saturated rings. The van der Waals surface area contributed by atoms with E-state index >= 15 is 0 Å². The molecule has 0 atom stereocenters. The molecule has 5 heteroatoms. The lowest BCUT2D eigenvalue weighted by molar-refractivity contribution is 0.523. The molecular formula is C17H17FN4. The minimum atomic E-state index is -0.219. The van der Waals surface area contributed by atoms with Gasteiger partial charge in [0.15, 0.2) is 0 Å². The minimum Gasteiger partial charge on any atom is -0.382 e. The Morgan fingerprint density at radius 3 is 2.55 bits per heavy atom. The summed E-state index contributed by atoms with van der Waals surface area (Å²) in [4.78, 5) is 6.53. The third-order valence-electron chi connectivity index (χ3n) is 3.88. The number of piperidine rings is 1. The van der Waals surface area contributed by atoms with Crippen LogP contribution < -0.4 is 10.2 Å². The van der Waals surface area contributed by atoms with Gasteiger partial charge in [0.2, 0.25) is 0 Å². The van der Waals surface area contributed by atoms with Crippen molar-refractivity contribution >= 4 is 11.5 Å². The minimum absolute atomic E-state index is 0.219. The monoisotopic (exact) mass is 296 g/mol. The van der Waals surface area contributed by atoms with E-state index in [-0.39, 0.29) is 5.82 Å². The van der Waals surface area contributed by atoms with Gasteiger partial charge in [-0.1, -0.05) is 6.07 Å². The Kier molecular flexibility index (Phi) is 4.19. The molecule has 0 bridgehead atoms. The third-order valence-corrected chi connectivity index (χ3v) is 3.88. The topological polar surface area (TPSA) is 52.0 Å². The van der Waals surface area contributed by atoms with Crippen LogP contribution in [0.3, 0.4) is 0 Å². The number of nitrogens with zero attached hydrogens (tertiary/aromatic N) is 3. The van der Waals surface area contributed by atoms with Gasteiger partial charge in [0.25, 0.3) is 0 Å². The van der Waals surface area contributed by atoms with Crippen molar-refractivity contribution < 1.29 is 4.39 Å². The average molecular weight is 296 g/mol. The number of anilines is 2. The predicted octanol–water partition coefficient (Wildman–Crippen LogP) is 3.17. The maximum absolute atomic E-state index is 12.9. The van der Waals surface area contributed by atoms with Gasteiger partial charge in [-0.15, -0.1) is 0 Å². The van der Waals surface area contributed by atoms with Crippen LogP contribution in [0, 0.1) is 17.1 Å². The first kappa shape index (κ1) is 14.3. The van der Waals surface area contributed by atoms with Crippen LogP contribution in [0.4, 0.5) is 15.9 Å². The van der Waals surface area contributed by atoms with Crippen LogP contribution in [-0.2, 0) is 0 Å². The highest BCUT2D eigenvalue weighted by Gasteiger charge is 2.20. The Hall–Kier alpha value is -2.61. The van der Waals surface area contributed by atoms with Gasteiger partial charge < -0.3 is 10.2 Å². The number of hydrogen-bond acceptors (Lipinski definition) is 4. The molecule has 0 amide bonds. The Labute approximate surface area is 129 Å². The Morgan fingerprint density at radius 1 is 1.14 bits per heavy atom. The van der Waals surface area contributed by atoms with Gasteiger partial charge in [-0.05, 0) is 49.2 Å². The van der Waals surface area contributed by atoms with Crippen molar-refractivity contribution in [1.82, 2.24) is 4.98 Å². The molecule has 22 heavy (non-hydrogen) atoms. The van der Waals surface area contributed by atoms with Crippen molar-refractivity contribution in [2.75, 3.05) is 23.3 Å². The van der Waals surface area contributed by atoms with E-state index in [9.17, 15) is 4.39 Å². The summed E-state index contributed by atoms with van der Waals surface area (Å²) >= 11 is 0. The molecule has 1 aliphatic heterocycles. The summed E-state index contributed by atoms with van der Waals surface area (Å²) in [7, 11) is 0. The van der Waals surface area contributed by atoms with Crippen LogP contribution in [0.2, 0.25) is 0 Å². The molecule has 112 valence electrons. The van der Waals surface area contributed by atoms with Crippen molar-refractivity contribution in [1.29, 1.82) is 5.26 Å². The normalized spacial score (nSPS) is 15.4. The summed E-state index contributed by atoms with van der Waals surface area (Å²) < 4.78 is 12.9. The first-order valence-electron chi connectivity index (χ1n) is 7.39. The maximum atomic E-state index is 12.9. The number of nitriles is 1. The van der Waals surface area contributed by atoms with E-state index in [1.807, 2.05) is 12.1 Å². The van der Waals surface area contributed by atoms with Gasteiger partial charge in [0.05, 0.1) is 0 Å². The largest absolute Gasteiger partial charge is 0.382 e. The summed E-state index contributed by atoms with van der Waals surface area (Å²) in [6.07, 6.45) is 1.96. The number of rotatable bonds is 3. The number of pyridine rings is 1. The van der Waals surface area contributed by atoms with Gasteiger partial charge in [-0.2, -0.15) is 5.26 Å². The second-order valence-electron chi connectivity index (χ2n) is 5.41. The van der Waals surface area contributed by atoms with Crippen molar-refractivity contribution in [3.8, 4) is 6.07 Å². The molecule has 0 spiro atoms. The Morgan fingerprint density at radius 2 is 1.86 bits per heavy atom. The van der Waals surface area contributed by atoms with Gasteiger partial charge in [0.1, 0.15) is 23.4 Å². The fourth-order valence-electron chi connectivity index (χ4n) is 2.70. The molecule has 0 radical (unpaired) electrons. The van der Waals surface area contributed by atoms with E-state index in [4.69, 9.17) is 5.26 Å². The molecule has 1 N–H and O–H groups in total. The lowest BCUT2D eigenvalue weighted by atomic mass is 10.0. The van der Waals surface area contributed by atoms with E-state index in [0.717, 1.165) is 37.4 Å². The standard InChI is InChI=1S/C17H17FN4/c18-13-4-6-14(7-5-13)20-15-8-10-22(11-9-15)17-3-1-2-16(12-19)21-17/h1-7,15,20H,8-11H2. The van der Waals surface area contributed by atoms with Gasteiger partial charge >= 0.3 is 0 Å². The summed E-state index contributed by atoms with van der Waals surface area (Å²) in [6.45, 7) is 1.78. The highest BCUT2D eigenvalue weighted by Crippen LogP contribution is 2.21. The van der Waals surface area contributed by atoms with Gasteiger partial charge in [-0.25, -0.2) is 9.37 Å². The first-order chi connectivity index (χ1) is 10.7. The van der Waals surface area contributed by atoms with E-state index in [0.29, 0.717) is 11.7 Å². The van der Waals surface area contributed by atoms with E-state index in [1.165, 1.54) is 12.1 Å². The van der Waals surface area contributed by atoms with E-state index in [2.05, 4.69) is 21.3 Å². The zero-order valence-electron chi connectivity index (χ0n) is 12.2. The molecule has 1 aromatic carbocycles. The Bertz CT molecular complexity index is 670. The average Bonchev–Trinajstić information content (AvgIpc) is 2.58. The van der Waals surface area contributed by atoms with E-state index < -0.39 is 0 Å². The highest BCUT2D eigenvalue weighted by atomic mass is 19.1. The Balaban J connectivity index is 1.58. The molecule has 0 unspecified atom stereocenters. The number of halogens is 1. The van der Waals surface area contributed by atoms with Gasteiger partial charge in [-0.3, -0.25) is 0 Å². The SMILES string of the molecule is N#Cc1cccc(N2CCC(Nc3ccc(F)cc3)CC2)n1. The molecule has 3 rings (SSSR count). The fourth-order valence-corrected chi connectivity index (χ4v) is 2.70. The molecule has 1 aromatic heterocycles. The molecule has 4 nitrogen and oxygen atoms in total. The smallest absolute Gasteiger partial charge is 0.142 e. The number of aromatic nitrogens is 1. The van der Waals surface area contributed by atoms with Gasteiger partial charge in [0, 0.05) is 24.8 Å². The number of hydrogen-bond donors (Lipinski definition) is 1. The molecule has 2 heterocycles. The summed E-state index contributed by atoms with van der Waals surface area (Å²) in [6, 6.07) is 14.4. The second kappa shape index (κ2) is 6.44. The number of benzene rings is 1. The number of nitrogens with one attached hydrogen (secondary N) is 1. The summed E-state index contributed by atoms with van der Waals surface area (Å²) in [5.41, 5.74) is 1.40. The molecule has 0 saturated carbocycles. The van der Waals surface area contributed by atoms with Crippen molar-refractivity contribution in [2.45, 2.75) is 18.9 Å². The fraction of sp³-hybridized carbons (Fsp3) is 0.294. The second-order valence-corrected chi connectivity index (χ2v) is 5.41. The molecule has 0 aliphatic carbocycles. The van der Waals surface area contributed by atoms with Crippen molar-refractivity contribution in [2.24, 2.45) is 0 Å². The summed E-state index contributed by atoms with van der Waals surface area (Å²) in [5.74, 6) is 0.642. The molecular weight excluding hydrogens is 279 g/mol. The van der Waals surface area contributed by atoms with Crippen molar-refractivity contribution in [3.05, 3.63) is 54.0 Å². The molecule has 1 aliphatic rings. The molecule has 1 saturated heterocycles. The van der Waals surface area contributed by atoms with Crippen LogP contribution in [0.25, 0.3) is 0 Å². The molecule has 2 aromatic rings. The lowest BCUT2D eigenvalue weighted by Crippen LogP contribution is -2.39. The van der Waals surface area contributed by atoms with Crippen LogP contribution in [0.15, 0.2) is 42.5 Å². The first-order valence-corrected chi connectivity index (χ1v) is 7.39. The van der Waals surface area contributed by atoms with E-state index in [1.54, 1.807) is 18.2 Å². The predicted molar refractivity (Wildman–Crippen MR) is 84.2 cm³/mol. The maximum Gasteiger partial charge on any atom is 0.142 e. The summed E-state index contributed by atoms with van der Waals surface area (Å²) in [5, 5.41) is 12.4. The van der Waals surface area contributed by atoms with Crippen LogP contribution in [-0.4, -0.2) is 24.1 Å².